The molecule has 2 saturated heterocycles. The number of aliphatic hydroxyl groups excluding tert-OH is 2. The van der Waals surface area contributed by atoms with E-state index >= 15 is 0 Å². The molecular formula is C21H27N9O10P2S2. The first-order chi connectivity index (χ1) is 21.0. The van der Waals surface area contributed by atoms with E-state index in [1.54, 1.807) is 12.3 Å². The fourth-order valence-electron chi connectivity index (χ4n) is 5.21. The molecule has 238 valence electrons. The number of ether oxygens (including phenoxy) is 2. The third-order valence-corrected chi connectivity index (χ3v) is 9.54. The molecule has 4 aromatic rings. The lowest BCUT2D eigenvalue weighted by atomic mass is 10.1. The molecule has 0 aliphatic carbocycles. The Morgan fingerprint density at radius 1 is 1.20 bits per heavy atom. The van der Waals surface area contributed by atoms with Crippen LogP contribution >= 0.6 is 38.5 Å². The van der Waals surface area contributed by atoms with E-state index < -0.39 is 75.8 Å². The van der Waals surface area contributed by atoms with E-state index in [-0.39, 0.29) is 29.4 Å². The van der Waals surface area contributed by atoms with Gasteiger partial charge in [0.1, 0.15) is 42.2 Å². The van der Waals surface area contributed by atoms with Crippen LogP contribution in [0.5, 0.6) is 0 Å². The number of nitrogens with two attached hydrogens (primary N) is 2. The summed E-state index contributed by atoms with van der Waals surface area (Å²) in [6.07, 6.45) is -3.44. The van der Waals surface area contributed by atoms with Crippen molar-refractivity contribution >= 4 is 72.5 Å². The second-order valence-electron chi connectivity index (χ2n) is 9.87. The Kier molecular flexibility index (Phi) is 8.81. The first-order valence-electron chi connectivity index (χ1n) is 12.9. The molecule has 2 fully saturated rings. The number of nitrogens with one attached hydrogen (secondary N) is 1. The number of rotatable bonds is 10. The molecule has 6 rings (SSSR count). The van der Waals surface area contributed by atoms with Crippen LogP contribution in [0.4, 0.5) is 11.8 Å². The van der Waals surface area contributed by atoms with E-state index in [4.69, 9.17) is 34.5 Å². The number of fused-ring (bicyclic) bond motifs is 2. The number of imidazole rings is 1. The second-order valence-corrected chi connectivity index (χ2v) is 14.6. The third-order valence-electron chi connectivity index (χ3n) is 7.10. The predicted octanol–water partition coefficient (Wildman–Crippen LogP) is 0.411. The van der Waals surface area contributed by atoms with Crippen LogP contribution in [0.1, 0.15) is 18.9 Å². The molecule has 2 aliphatic heterocycles. The van der Waals surface area contributed by atoms with Crippen LogP contribution in [0.25, 0.3) is 22.2 Å². The first-order valence-corrected chi connectivity index (χ1v) is 18.2. The summed E-state index contributed by atoms with van der Waals surface area (Å²) in [7, 11) is -2.87. The molecule has 2 aliphatic rings. The molecule has 19 nitrogen and oxygen atoms in total. The Morgan fingerprint density at radius 3 is 2.75 bits per heavy atom. The Morgan fingerprint density at radius 2 is 2.00 bits per heavy atom. The van der Waals surface area contributed by atoms with E-state index in [0.717, 1.165) is 0 Å². The summed E-state index contributed by atoms with van der Waals surface area (Å²) in [6.45, 7) is -5.09. The maximum Gasteiger partial charge on any atom is 0.386 e. The van der Waals surface area contributed by atoms with Crippen molar-refractivity contribution in [1.29, 1.82) is 0 Å². The largest absolute Gasteiger partial charge is 0.394 e. The number of H-pyrrole nitrogens is 1. The predicted molar refractivity (Wildman–Crippen MR) is 160 cm³/mol. The molecule has 0 saturated carbocycles. The summed E-state index contributed by atoms with van der Waals surface area (Å²) in [6, 6.07) is 1.64. The van der Waals surface area contributed by atoms with Gasteiger partial charge < -0.3 is 40.2 Å². The van der Waals surface area contributed by atoms with Crippen LogP contribution in [-0.4, -0.2) is 88.0 Å². The normalized spacial score (nSPS) is 29.4. The zero-order valence-electron chi connectivity index (χ0n) is 22.3. The van der Waals surface area contributed by atoms with Crippen LogP contribution in [0.2, 0.25) is 0 Å². The van der Waals surface area contributed by atoms with Crippen LogP contribution in [-0.2, 0) is 32.2 Å². The standard InChI is InChI=1S/C21H27N9O10P2S2/c22-15-9-1-2-29(16(9)25-6-24-15)20-13(32)14(39-41(34)43)11(38-20)5-36-42(35,44)40-10-3-8(4-31)37-19(10)30-7-26-12-17(30)27-21(23)28-18(12)33/h1-2,6-8,10-11,13-14,19-20,31-32,41H,3-5H2,(H,34,43)(H,35,44)(H2,22,24,25)(H3,23,27,28,33)/t8?,10-,11-,13-,14-,19-,20-,42?/m1/s1. The number of aliphatic hydroxyl groups is 2. The molecule has 6 heterocycles. The maximum absolute atomic E-state index is 13.5. The highest BCUT2D eigenvalue weighted by molar-refractivity contribution is 8.44. The average Bonchev–Trinajstić information content (AvgIpc) is 3.73. The van der Waals surface area contributed by atoms with Crippen molar-refractivity contribution in [1.82, 2.24) is 34.1 Å². The Bertz CT molecular complexity index is 1820. The minimum absolute atomic E-state index is 0.0232. The van der Waals surface area contributed by atoms with E-state index in [1.807, 2.05) is 0 Å². The molecule has 3 unspecified atom stereocenters. The van der Waals surface area contributed by atoms with Gasteiger partial charge in [0.2, 0.25) is 13.2 Å². The quantitative estimate of drug-likeness (QED) is 0.0877. The minimum atomic E-state index is -4.22. The van der Waals surface area contributed by atoms with Gasteiger partial charge in [-0.2, -0.15) is 4.98 Å². The van der Waals surface area contributed by atoms with E-state index in [9.17, 15) is 24.1 Å². The van der Waals surface area contributed by atoms with Gasteiger partial charge in [0.25, 0.3) is 5.56 Å². The van der Waals surface area contributed by atoms with Crippen molar-refractivity contribution in [3.63, 3.8) is 0 Å². The topological polar surface area (TPSA) is 267 Å². The van der Waals surface area contributed by atoms with Gasteiger partial charge in [-0.05, 0) is 6.07 Å². The number of nitrogen functional groups attached to an aromatic ring is 2. The van der Waals surface area contributed by atoms with Gasteiger partial charge in [-0.3, -0.25) is 28.0 Å². The lowest BCUT2D eigenvalue weighted by molar-refractivity contribution is -0.0541. The lowest BCUT2D eigenvalue weighted by Gasteiger charge is -2.24. The SMILES string of the molecule is Nc1nc2c(ncn2[C@@H]2OC(CO)C[C@H]2OP(=O)(S)OC[C@H]2O[C@@H](n3ccc4c(N)ncnc43)[C@H](O)[C@@H]2O[PH](=O)S)c(=O)[nH]1. The van der Waals surface area contributed by atoms with Gasteiger partial charge in [-0.25, -0.2) is 19.5 Å². The summed E-state index contributed by atoms with van der Waals surface area (Å²) in [5.41, 5.74) is 11.4. The fourth-order valence-corrected chi connectivity index (χ4v) is 7.59. The number of thiol groups is 2. The molecule has 4 aromatic heterocycles. The van der Waals surface area contributed by atoms with Crippen molar-refractivity contribution < 1.29 is 42.4 Å². The van der Waals surface area contributed by atoms with Crippen molar-refractivity contribution in [2.45, 2.75) is 49.4 Å². The van der Waals surface area contributed by atoms with Crippen molar-refractivity contribution in [2.24, 2.45) is 0 Å². The summed E-state index contributed by atoms with van der Waals surface area (Å²) in [4.78, 5) is 30.9. The molecule has 0 aromatic carbocycles. The van der Waals surface area contributed by atoms with Crippen LogP contribution in [0.3, 0.4) is 0 Å². The summed E-state index contributed by atoms with van der Waals surface area (Å²) in [5, 5.41) is 21.3. The highest BCUT2D eigenvalue weighted by Crippen LogP contribution is 2.57. The zero-order valence-corrected chi connectivity index (χ0v) is 26.0. The van der Waals surface area contributed by atoms with Gasteiger partial charge in [0, 0.05) is 12.6 Å². The molecule has 7 N–H and O–H groups in total. The van der Waals surface area contributed by atoms with Gasteiger partial charge >= 0.3 is 6.80 Å². The molecule has 0 amide bonds. The summed E-state index contributed by atoms with van der Waals surface area (Å²) < 4.78 is 56.8. The van der Waals surface area contributed by atoms with Crippen LogP contribution < -0.4 is 17.0 Å². The Balaban J connectivity index is 1.20. The second kappa shape index (κ2) is 12.3. The van der Waals surface area contributed by atoms with Crippen LogP contribution in [0.15, 0.2) is 29.7 Å². The van der Waals surface area contributed by atoms with Gasteiger partial charge in [-0.1, -0.05) is 24.5 Å². The van der Waals surface area contributed by atoms with E-state index in [1.165, 1.54) is 21.8 Å². The van der Waals surface area contributed by atoms with Crippen LogP contribution in [0, 0.1) is 0 Å². The number of aromatic amines is 1. The zero-order chi connectivity index (χ0) is 31.3. The maximum atomic E-state index is 13.5. The molecule has 0 bridgehead atoms. The van der Waals surface area contributed by atoms with Crippen molar-refractivity contribution in [3.05, 3.63) is 35.3 Å². The first kappa shape index (κ1) is 31.4. The van der Waals surface area contributed by atoms with Crippen molar-refractivity contribution in [2.75, 3.05) is 24.7 Å². The Hall–Kier alpha value is -2.55. The lowest BCUT2D eigenvalue weighted by Crippen LogP contribution is -2.34. The smallest absolute Gasteiger partial charge is 0.386 e. The highest BCUT2D eigenvalue weighted by Gasteiger charge is 2.48. The molecule has 23 heteroatoms. The summed E-state index contributed by atoms with van der Waals surface area (Å²) in [5.74, 6) is 0.0536. The van der Waals surface area contributed by atoms with E-state index in [2.05, 4.69) is 49.4 Å². The molecular weight excluding hydrogens is 664 g/mol. The van der Waals surface area contributed by atoms with Crippen molar-refractivity contribution in [3.8, 4) is 0 Å². The Labute approximate surface area is 257 Å². The number of hydrogen-bond donors (Lipinski definition) is 7. The molecule has 0 radical (unpaired) electrons. The number of aromatic nitrogens is 7. The molecule has 0 spiro atoms. The molecule has 9 atom stereocenters. The summed E-state index contributed by atoms with van der Waals surface area (Å²) >= 11 is 7.94. The fraction of sp³-hybridized carbons (Fsp3) is 0.476. The van der Waals surface area contributed by atoms with Gasteiger partial charge in [0.05, 0.1) is 31.0 Å². The van der Waals surface area contributed by atoms with E-state index in [0.29, 0.717) is 11.0 Å². The highest BCUT2D eigenvalue weighted by atomic mass is 32.7. The number of nitrogens with zero attached hydrogens (tertiary/aromatic N) is 6. The molecule has 44 heavy (non-hydrogen) atoms. The van der Waals surface area contributed by atoms with Gasteiger partial charge in [0.15, 0.2) is 23.6 Å². The monoisotopic (exact) mass is 691 g/mol. The average molecular weight is 692 g/mol. The third kappa shape index (κ3) is 6.02. The minimum Gasteiger partial charge on any atom is -0.394 e. The number of hydrogen-bond acceptors (Lipinski definition) is 16. The number of anilines is 2. The van der Waals surface area contributed by atoms with Gasteiger partial charge in [-0.15, -0.1) is 0 Å².